The van der Waals surface area contributed by atoms with Crippen molar-refractivity contribution in [3.63, 3.8) is 0 Å². The molecule has 0 atom stereocenters. The average molecular weight is 436 g/mol. The van der Waals surface area contributed by atoms with Crippen LogP contribution in [0, 0.1) is 0 Å². The molecule has 1 aliphatic rings. The topological polar surface area (TPSA) is 95.6 Å². The number of sulfonamides is 1. The van der Waals surface area contributed by atoms with Gasteiger partial charge in [0.25, 0.3) is 11.8 Å². The largest absolute Gasteiger partial charge is 0.339 e. The first-order valence-corrected chi connectivity index (χ1v) is 11.5. The molecule has 3 rings (SSSR count). The van der Waals surface area contributed by atoms with E-state index in [4.69, 9.17) is 11.6 Å². The summed E-state index contributed by atoms with van der Waals surface area (Å²) in [7, 11) is -3.54. The van der Waals surface area contributed by atoms with E-state index in [9.17, 15) is 18.0 Å². The van der Waals surface area contributed by atoms with Gasteiger partial charge in [0.2, 0.25) is 10.0 Å². The van der Waals surface area contributed by atoms with Crippen LogP contribution >= 0.6 is 11.6 Å². The predicted molar refractivity (Wildman–Crippen MR) is 114 cm³/mol. The first-order valence-electron chi connectivity index (χ1n) is 9.21. The number of amides is 2. The molecule has 1 fully saturated rings. The second-order valence-electron chi connectivity index (χ2n) is 6.96. The minimum absolute atomic E-state index is 0.0491. The van der Waals surface area contributed by atoms with Crippen molar-refractivity contribution in [3.8, 4) is 0 Å². The van der Waals surface area contributed by atoms with Crippen LogP contribution in [0.2, 0.25) is 5.02 Å². The molecule has 0 radical (unpaired) electrons. The standard InChI is InChI=1S/C20H22ClN3O4S/c1-29(27,28)23-18-13-14(8-9-17(18)21)19(25)22-16-7-5-6-15(12-16)20(26)24-10-3-2-4-11-24/h5-9,12-13,23H,2-4,10-11H2,1H3,(H,22,25). The van der Waals surface area contributed by atoms with Crippen molar-refractivity contribution in [2.75, 3.05) is 29.4 Å². The van der Waals surface area contributed by atoms with E-state index in [1.54, 1.807) is 24.3 Å². The van der Waals surface area contributed by atoms with Crippen LogP contribution in [0.4, 0.5) is 11.4 Å². The Balaban J connectivity index is 1.75. The zero-order chi connectivity index (χ0) is 21.0. The van der Waals surface area contributed by atoms with Gasteiger partial charge >= 0.3 is 0 Å². The highest BCUT2D eigenvalue weighted by Gasteiger charge is 2.19. The first-order chi connectivity index (χ1) is 13.7. The first kappa shape index (κ1) is 21.1. The molecule has 1 heterocycles. The van der Waals surface area contributed by atoms with Gasteiger partial charge < -0.3 is 10.2 Å². The van der Waals surface area contributed by atoms with Crippen molar-refractivity contribution in [1.29, 1.82) is 0 Å². The number of piperidine rings is 1. The molecule has 154 valence electrons. The molecule has 9 heteroatoms. The van der Waals surface area contributed by atoms with Crippen LogP contribution in [0.5, 0.6) is 0 Å². The number of hydrogen-bond donors (Lipinski definition) is 2. The van der Waals surface area contributed by atoms with Crippen molar-refractivity contribution in [1.82, 2.24) is 4.90 Å². The van der Waals surface area contributed by atoms with Crippen molar-refractivity contribution in [2.24, 2.45) is 0 Å². The summed E-state index contributed by atoms with van der Waals surface area (Å²) in [4.78, 5) is 27.1. The lowest BCUT2D eigenvalue weighted by Gasteiger charge is -2.26. The quantitative estimate of drug-likeness (QED) is 0.750. The SMILES string of the molecule is CS(=O)(=O)Nc1cc(C(=O)Nc2cccc(C(=O)N3CCCCC3)c2)ccc1Cl. The molecule has 0 unspecified atom stereocenters. The van der Waals surface area contributed by atoms with Crippen molar-refractivity contribution >= 4 is 44.8 Å². The maximum Gasteiger partial charge on any atom is 0.255 e. The third kappa shape index (κ3) is 5.71. The zero-order valence-electron chi connectivity index (χ0n) is 15.9. The lowest BCUT2D eigenvalue weighted by molar-refractivity contribution is 0.0724. The van der Waals surface area contributed by atoms with Crippen molar-refractivity contribution in [2.45, 2.75) is 19.3 Å². The molecule has 0 saturated carbocycles. The van der Waals surface area contributed by atoms with E-state index in [0.717, 1.165) is 38.6 Å². The van der Waals surface area contributed by atoms with Gasteiger partial charge in [-0.2, -0.15) is 0 Å². The van der Waals surface area contributed by atoms with Gasteiger partial charge in [-0.05, 0) is 55.7 Å². The molecular formula is C20H22ClN3O4S. The number of halogens is 1. The smallest absolute Gasteiger partial charge is 0.255 e. The molecule has 2 aromatic carbocycles. The lowest BCUT2D eigenvalue weighted by Crippen LogP contribution is -2.35. The van der Waals surface area contributed by atoms with Gasteiger partial charge in [0.15, 0.2) is 0 Å². The van der Waals surface area contributed by atoms with Gasteiger partial charge in [0.1, 0.15) is 0 Å². The highest BCUT2D eigenvalue weighted by Crippen LogP contribution is 2.25. The molecule has 7 nitrogen and oxygen atoms in total. The summed E-state index contributed by atoms with van der Waals surface area (Å²) in [5.41, 5.74) is 1.34. The molecule has 1 aliphatic heterocycles. The highest BCUT2D eigenvalue weighted by molar-refractivity contribution is 7.92. The summed E-state index contributed by atoms with van der Waals surface area (Å²) in [6.45, 7) is 1.49. The van der Waals surface area contributed by atoms with E-state index in [1.165, 1.54) is 18.2 Å². The minimum Gasteiger partial charge on any atom is -0.339 e. The second-order valence-corrected chi connectivity index (χ2v) is 9.11. The van der Waals surface area contributed by atoms with Gasteiger partial charge in [0.05, 0.1) is 17.0 Å². The summed E-state index contributed by atoms with van der Waals surface area (Å²) < 4.78 is 25.2. The van der Waals surface area contributed by atoms with Crippen LogP contribution in [-0.4, -0.2) is 44.5 Å². The van der Waals surface area contributed by atoms with Crippen LogP contribution in [0.25, 0.3) is 0 Å². The Morgan fingerprint density at radius 3 is 2.41 bits per heavy atom. The Hall–Kier alpha value is -2.58. The fourth-order valence-electron chi connectivity index (χ4n) is 3.16. The second kappa shape index (κ2) is 8.84. The summed E-state index contributed by atoms with van der Waals surface area (Å²) >= 11 is 6.00. The van der Waals surface area contributed by atoms with Gasteiger partial charge in [-0.15, -0.1) is 0 Å². The Morgan fingerprint density at radius 2 is 1.72 bits per heavy atom. The monoisotopic (exact) mass is 435 g/mol. The van der Waals surface area contributed by atoms with E-state index in [-0.39, 0.29) is 22.2 Å². The Labute approximate surface area is 175 Å². The van der Waals surface area contributed by atoms with Crippen LogP contribution < -0.4 is 10.0 Å². The molecule has 2 N–H and O–H groups in total. The molecule has 2 aromatic rings. The van der Waals surface area contributed by atoms with E-state index >= 15 is 0 Å². The lowest BCUT2D eigenvalue weighted by atomic mass is 10.1. The molecule has 2 amide bonds. The van der Waals surface area contributed by atoms with Gasteiger partial charge in [-0.25, -0.2) is 8.42 Å². The molecule has 0 aliphatic carbocycles. The van der Waals surface area contributed by atoms with Crippen molar-refractivity contribution in [3.05, 3.63) is 58.6 Å². The Bertz CT molecular complexity index is 1030. The molecule has 0 bridgehead atoms. The maximum atomic E-state index is 12.7. The number of carbonyl (C=O) groups excluding carboxylic acids is 2. The maximum absolute atomic E-state index is 12.7. The van der Waals surface area contributed by atoms with Gasteiger partial charge in [0, 0.05) is 29.9 Å². The minimum atomic E-state index is -3.54. The van der Waals surface area contributed by atoms with Gasteiger partial charge in [-0.1, -0.05) is 17.7 Å². The summed E-state index contributed by atoms with van der Waals surface area (Å²) in [5, 5.41) is 2.92. The number of benzene rings is 2. The highest BCUT2D eigenvalue weighted by atomic mass is 35.5. The van der Waals surface area contributed by atoms with Crippen LogP contribution in [0.15, 0.2) is 42.5 Å². The number of anilines is 2. The molecule has 1 saturated heterocycles. The fourth-order valence-corrected chi connectivity index (χ4v) is 3.95. The van der Waals surface area contributed by atoms with Crippen LogP contribution in [0.1, 0.15) is 40.0 Å². The van der Waals surface area contributed by atoms with E-state index in [2.05, 4.69) is 10.0 Å². The molecule has 29 heavy (non-hydrogen) atoms. The fraction of sp³-hybridized carbons (Fsp3) is 0.300. The Kier molecular flexibility index (Phi) is 6.44. The Morgan fingerprint density at radius 1 is 1.00 bits per heavy atom. The molecule has 0 aromatic heterocycles. The van der Waals surface area contributed by atoms with E-state index < -0.39 is 15.9 Å². The summed E-state index contributed by atoms with van der Waals surface area (Å²) in [6, 6.07) is 11.1. The number of nitrogens with zero attached hydrogens (tertiary/aromatic N) is 1. The van der Waals surface area contributed by atoms with E-state index in [0.29, 0.717) is 11.3 Å². The summed E-state index contributed by atoms with van der Waals surface area (Å²) in [5.74, 6) is -0.493. The van der Waals surface area contributed by atoms with Crippen LogP contribution in [-0.2, 0) is 10.0 Å². The number of carbonyl (C=O) groups is 2. The number of nitrogens with one attached hydrogen (secondary N) is 2. The van der Waals surface area contributed by atoms with Crippen molar-refractivity contribution < 1.29 is 18.0 Å². The zero-order valence-corrected chi connectivity index (χ0v) is 17.5. The molecule has 0 spiro atoms. The third-order valence-electron chi connectivity index (χ3n) is 4.53. The van der Waals surface area contributed by atoms with Crippen LogP contribution in [0.3, 0.4) is 0 Å². The number of rotatable bonds is 5. The third-order valence-corrected chi connectivity index (χ3v) is 5.45. The predicted octanol–water partition coefficient (Wildman–Crippen LogP) is 3.59. The number of likely N-dealkylation sites (tertiary alicyclic amines) is 1. The normalized spacial score (nSPS) is 14.3. The van der Waals surface area contributed by atoms with E-state index in [1.807, 2.05) is 4.90 Å². The number of hydrogen-bond acceptors (Lipinski definition) is 4. The van der Waals surface area contributed by atoms with Gasteiger partial charge in [-0.3, -0.25) is 14.3 Å². The molecular weight excluding hydrogens is 414 g/mol. The summed E-state index contributed by atoms with van der Waals surface area (Å²) in [6.07, 6.45) is 4.14. The average Bonchev–Trinajstić information content (AvgIpc) is 2.69.